The van der Waals surface area contributed by atoms with Crippen LogP contribution in [0.3, 0.4) is 0 Å². The summed E-state index contributed by atoms with van der Waals surface area (Å²) < 4.78 is 1.75. The second-order valence-corrected chi connectivity index (χ2v) is 7.04. The van der Waals surface area contributed by atoms with Crippen LogP contribution in [0.4, 0.5) is 0 Å². The van der Waals surface area contributed by atoms with E-state index in [-0.39, 0.29) is 17.4 Å². The molecule has 1 aliphatic rings. The molecule has 1 aliphatic heterocycles. The number of aryl methyl sites for hydroxylation is 2. The SMILES string of the molecule is CCn1c(C)cc(O)c([C@@H](c2ccc(C)cc2)N2CCCCC2)c1=O. The highest BCUT2D eigenvalue weighted by Crippen LogP contribution is 2.34. The van der Waals surface area contributed by atoms with Crippen LogP contribution in [0.25, 0.3) is 0 Å². The summed E-state index contributed by atoms with van der Waals surface area (Å²) in [5.74, 6) is 0.114. The smallest absolute Gasteiger partial charge is 0.259 e. The summed E-state index contributed by atoms with van der Waals surface area (Å²) in [7, 11) is 0. The highest BCUT2D eigenvalue weighted by Gasteiger charge is 2.29. The molecule has 0 unspecified atom stereocenters. The molecule has 0 radical (unpaired) electrons. The molecule has 1 saturated heterocycles. The zero-order chi connectivity index (χ0) is 18.0. The van der Waals surface area contributed by atoms with Crippen LogP contribution in [0.1, 0.15) is 54.6 Å². The van der Waals surface area contributed by atoms with Crippen molar-refractivity contribution in [2.45, 2.75) is 52.6 Å². The number of benzene rings is 1. The van der Waals surface area contributed by atoms with Gasteiger partial charge in [0.2, 0.25) is 0 Å². The lowest BCUT2D eigenvalue weighted by Crippen LogP contribution is -2.38. The minimum Gasteiger partial charge on any atom is -0.507 e. The Bertz CT molecular complexity index is 787. The molecule has 4 heteroatoms. The number of likely N-dealkylation sites (tertiary alicyclic amines) is 1. The molecule has 25 heavy (non-hydrogen) atoms. The average molecular weight is 340 g/mol. The van der Waals surface area contributed by atoms with Gasteiger partial charge in [0.05, 0.1) is 11.6 Å². The van der Waals surface area contributed by atoms with Gasteiger partial charge in [0.1, 0.15) is 5.75 Å². The number of hydrogen-bond acceptors (Lipinski definition) is 3. The largest absolute Gasteiger partial charge is 0.507 e. The van der Waals surface area contributed by atoms with Crippen molar-refractivity contribution in [3.05, 3.63) is 63.1 Å². The molecule has 0 aliphatic carbocycles. The Balaban J connectivity index is 2.18. The summed E-state index contributed by atoms with van der Waals surface area (Å²) in [5, 5.41) is 10.7. The fraction of sp³-hybridized carbons (Fsp3) is 0.476. The Labute approximate surface area is 149 Å². The second-order valence-electron chi connectivity index (χ2n) is 7.04. The first-order chi connectivity index (χ1) is 12.0. The van der Waals surface area contributed by atoms with Gasteiger partial charge in [-0.05, 0) is 58.3 Å². The van der Waals surface area contributed by atoms with Gasteiger partial charge in [0.25, 0.3) is 5.56 Å². The highest BCUT2D eigenvalue weighted by atomic mass is 16.3. The van der Waals surface area contributed by atoms with E-state index in [1.807, 2.05) is 13.8 Å². The zero-order valence-electron chi connectivity index (χ0n) is 15.5. The molecule has 2 heterocycles. The highest BCUT2D eigenvalue weighted by molar-refractivity contribution is 5.41. The van der Waals surface area contributed by atoms with Crippen molar-refractivity contribution in [3.63, 3.8) is 0 Å². The lowest BCUT2D eigenvalue weighted by molar-refractivity contribution is 0.183. The van der Waals surface area contributed by atoms with Crippen LogP contribution in [0.15, 0.2) is 35.1 Å². The molecule has 1 atom stereocenters. The van der Waals surface area contributed by atoms with Crippen molar-refractivity contribution in [1.82, 2.24) is 9.47 Å². The Kier molecular flexibility index (Phi) is 5.28. The third kappa shape index (κ3) is 3.49. The topological polar surface area (TPSA) is 45.5 Å². The minimum atomic E-state index is -0.188. The van der Waals surface area contributed by atoms with Crippen molar-refractivity contribution < 1.29 is 5.11 Å². The first-order valence-electron chi connectivity index (χ1n) is 9.27. The van der Waals surface area contributed by atoms with Crippen LogP contribution < -0.4 is 5.56 Å². The number of rotatable bonds is 4. The van der Waals surface area contributed by atoms with Crippen LogP contribution >= 0.6 is 0 Å². The summed E-state index contributed by atoms with van der Waals surface area (Å²) in [6, 6.07) is 9.87. The molecule has 134 valence electrons. The number of hydrogen-bond donors (Lipinski definition) is 1. The normalized spacial score (nSPS) is 16.8. The number of aromatic nitrogens is 1. The molecular weight excluding hydrogens is 312 g/mol. The van der Waals surface area contributed by atoms with Crippen molar-refractivity contribution in [2.75, 3.05) is 13.1 Å². The third-order valence-electron chi connectivity index (χ3n) is 5.26. The van der Waals surface area contributed by atoms with E-state index >= 15 is 0 Å². The van der Waals surface area contributed by atoms with E-state index in [1.165, 1.54) is 12.0 Å². The van der Waals surface area contributed by atoms with E-state index in [0.717, 1.165) is 37.2 Å². The van der Waals surface area contributed by atoms with Crippen LogP contribution in [0.2, 0.25) is 0 Å². The molecule has 0 spiro atoms. The van der Waals surface area contributed by atoms with Crippen LogP contribution in [-0.4, -0.2) is 27.7 Å². The fourth-order valence-corrected chi connectivity index (χ4v) is 3.90. The quantitative estimate of drug-likeness (QED) is 0.921. The summed E-state index contributed by atoms with van der Waals surface area (Å²) >= 11 is 0. The van der Waals surface area contributed by atoms with Gasteiger partial charge in [-0.25, -0.2) is 0 Å². The first-order valence-corrected chi connectivity index (χ1v) is 9.27. The van der Waals surface area contributed by atoms with Gasteiger partial charge in [-0.3, -0.25) is 9.69 Å². The molecule has 0 bridgehead atoms. The standard InChI is InChI=1S/C21H28N2O2/c1-4-23-16(3)14-18(24)19(21(23)25)20(22-12-6-5-7-13-22)17-10-8-15(2)9-11-17/h8-11,14,20,24H,4-7,12-13H2,1-3H3/t20-/m1/s1. The number of aromatic hydroxyl groups is 1. The van der Waals surface area contributed by atoms with Crippen LogP contribution in [-0.2, 0) is 6.54 Å². The maximum atomic E-state index is 13.1. The fourth-order valence-electron chi connectivity index (χ4n) is 3.90. The second kappa shape index (κ2) is 7.44. The summed E-state index contributed by atoms with van der Waals surface area (Å²) in [5.41, 5.74) is 3.51. The molecule has 1 aromatic heterocycles. The van der Waals surface area contributed by atoms with E-state index < -0.39 is 0 Å². The molecule has 1 N–H and O–H groups in total. The Morgan fingerprint density at radius 1 is 1.08 bits per heavy atom. The molecule has 2 aromatic rings. The van der Waals surface area contributed by atoms with Crippen molar-refractivity contribution in [2.24, 2.45) is 0 Å². The summed E-state index contributed by atoms with van der Waals surface area (Å²) in [6.45, 7) is 8.42. The van der Waals surface area contributed by atoms with E-state index in [1.54, 1.807) is 10.6 Å². The summed E-state index contributed by atoms with van der Waals surface area (Å²) in [4.78, 5) is 15.5. The molecule has 3 rings (SSSR count). The van der Waals surface area contributed by atoms with E-state index in [4.69, 9.17) is 0 Å². The number of nitrogens with zero attached hydrogens (tertiary/aromatic N) is 2. The van der Waals surface area contributed by atoms with Gasteiger partial charge in [-0.2, -0.15) is 0 Å². The number of pyridine rings is 1. The zero-order valence-corrected chi connectivity index (χ0v) is 15.5. The maximum absolute atomic E-state index is 13.1. The van der Waals surface area contributed by atoms with Gasteiger partial charge >= 0.3 is 0 Å². The average Bonchev–Trinajstić information content (AvgIpc) is 2.60. The van der Waals surface area contributed by atoms with Gasteiger partial charge in [-0.15, -0.1) is 0 Å². The lowest BCUT2D eigenvalue weighted by Gasteiger charge is -2.35. The molecule has 4 nitrogen and oxygen atoms in total. The van der Waals surface area contributed by atoms with E-state index in [2.05, 4.69) is 36.1 Å². The van der Waals surface area contributed by atoms with Crippen LogP contribution in [0.5, 0.6) is 5.75 Å². The monoisotopic (exact) mass is 340 g/mol. The summed E-state index contributed by atoms with van der Waals surface area (Å²) in [6.07, 6.45) is 3.50. The van der Waals surface area contributed by atoms with Crippen molar-refractivity contribution >= 4 is 0 Å². The Morgan fingerprint density at radius 2 is 1.72 bits per heavy atom. The van der Waals surface area contributed by atoms with Gasteiger partial charge in [0.15, 0.2) is 0 Å². The van der Waals surface area contributed by atoms with E-state index in [9.17, 15) is 9.90 Å². The van der Waals surface area contributed by atoms with Gasteiger partial charge in [0, 0.05) is 12.2 Å². The third-order valence-corrected chi connectivity index (χ3v) is 5.26. The first kappa shape index (κ1) is 17.7. The van der Waals surface area contributed by atoms with Gasteiger partial charge in [-0.1, -0.05) is 36.2 Å². The minimum absolute atomic E-state index is 0.0730. The Hall–Kier alpha value is -2.07. The molecule has 1 fully saturated rings. The van der Waals surface area contributed by atoms with Crippen LogP contribution in [0, 0.1) is 13.8 Å². The molecule has 1 aromatic carbocycles. The molecule has 0 saturated carbocycles. The lowest BCUT2D eigenvalue weighted by atomic mass is 9.94. The molecule has 0 amide bonds. The number of piperidine rings is 1. The molecular formula is C21H28N2O2. The van der Waals surface area contributed by atoms with Crippen molar-refractivity contribution in [1.29, 1.82) is 0 Å². The Morgan fingerprint density at radius 3 is 2.32 bits per heavy atom. The predicted octanol–water partition coefficient (Wildman–Crippen LogP) is 3.77. The van der Waals surface area contributed by atoms with Gasteiger partial charge < -0.3 is 9.67 Å². The van der Waals surface area contributed by atoms with E-state index in [0.29, 0.717) is 12.1 Å². The maximum Gasteiger partial charge on any atom is 0.259 e. The van der Waals surface area contributed by atoms with Crippen molar-refractivity contribution in [3.8, 4) is 5.75 Å². The predicted molar refractivity (Wildman–Crippen MR) is 101 cm³/mol.